The molecule has 2 amide bonds. The molecule has 2 N–H and O–H groups in total. The van der Waals surface area contributed by atoms with E-state index in [-0.39, 0.29) is 18.4 Å². The highest BCUT2D eigenvalue weighted by atomic mass is 16.5. The summed E-state index contributed by atoms with van der Waals surface area (Å²) >= 11 is 0. The monoisotopic (exact) mass is 473 g/mol. The minimum Gasteiger partial charge on any atom is -0.396 e. The number of amides is 2. The lowest BCUT2D eigenvalue weighted by Gasteiger charge is -2.36. The van der Waals surface area contributed by atoms with Crippen LogP contribution in [0.15, 0.2) is 18.2 Å². The van der Waals surface area contributed by atoms with Crippen molar-refractivity contribution in [3.05, 3.63) is 29.3 Å². The first kappa shape index (κ1) is 26.6. The highest BCUT2D eigenvalue weighted by molar-refractivity contribution is 5.97. The van der Waals surface area contributed by atoms with Crippen molar-refractivity contribution in [2.75, 3.05) is 44.4 Å². The van der Waals surface area contributed by atoms with E-state index in [0.29, 0.717) is 18.2 Å². The van der Waals surface area contributed by atoms with Crippen molar-refractivity contribution in [2.45, 2.75) is 83.7 Å². The average Bonchev–Trinajstić information content (AvgIpc) is 2.84. The van der Waals surface area contributed by atoms with Gasteiger partial charge in [0.25, 0.3) is 5.91 Å². The predicted octanol–water partition coefficient (Wildman–Crippen LogP) is 3.88. The predicted molar refractivity (Wildman–Crippen MR) is 135 cm³/mol. The van der Waals surface area contributed by atoms with Crippen LogP contribution in [-0.4, -0.2) is 67.3 Å². The molecule has 7 heteroatoms. The van der Waals surface area contributed by atoms with Gasteiger partial charge in [0.15, 0.2) is 0 Å². The molecule has 1 saturated heterocycles. The Morgan fingerprint density at radius 3 is 2.50 bits per heavy atom. The number of carbonyl (C=O) groups is 2. The number of aliphatic hydroxyl groups excluding tert-OH is 1. The van der Waals surface area contributed by atoms with Crippen LogP contribution in [0.5, 0.6) is 0 Å². The van der Waals surface area contributed by atoms with Gasteiger partial charge in [-0.15, -0.1) is 0 Å². The summed E-state index contributed by atoms with van der Waals surface area (Å²) in [5.41, 5.74) is 2.63. The van der Waals surface area contributed by atoms with E-state index < -0.39 is 0 Å². The van der Waals surface area contributed by atoms with Gasteiger partial charge in [0.2, 0.25) is 5.91 Å². The highest BCUT2D eigenvalue weighted by Crippen LogP contribution is 2.28. The number of nitrogens with one attached hydrogen (secondary N) is 1. The van der Waals surface area contributed by atoms with Crippen molar-refractivity contribution in [3.63, 3.8) is 0 Å². The van der Waals surface area contributed by atoms with E-state index in [1.165, 1.54) is 19.3 Å². The van der Waals surface area contributed by atoms with E-state index in [0.717, 1.165) is 89.0 Å². The molecule has 1 aromatic carbocycles. The van der Waals surface area contributed by atoms with Crippen LogP contribution in [-0.2, 0) is 16.1 Å². The molecule has 0 saturated carbocycles. The Labute approximate surface area is 204 Å². The minimum absolute atomic E-state index is 0.0528. The molecule has 2 aliphatic rings. The topological polar surface area (TPSA) is 82.1 Å². The normalized spacial score (nSPS) is 19.1. The van der Waals surface area contributed by atoms with Crippen LogP contribution < -0.4 is 10.2 Å². The molecule has 2 aliphatic heterocycles. The quantitative estimate of drug-likeness (QED) is 0.588. The smallest absolute Gasteiger partial charge is 0.251 e. The third-order valence-electron chi connectivity index (χ3n) is 7.04. The first-order chi connectivity index (χ1) is 16.6. The molecule has 34 heavy (non-hydrogen) atoms. The van der Waals surface area contributed by atoms with Gasteiger partial charge in [0.1, 0.15) is 0 Å². The Balaban J connectivity index is 1.85. The SMILES string of the molecule is CC(=O)N1CCCCCCCN(C2CCOCC2)Cc2cc(C(=O)NCCCCCO)ccc21. The number of rotatable bonds is 7. The molecule has 0 radical (unpaired) electrons. The standard InChI is InChI=1S/C27H43N3O4/c1-22(32)30-16-8-4-2-3-7-15-29(25-12-18-34-19-13-25)21-24-20-23(10-11-26(24)30)27(33)28-14-6-5-9-17-31/h10-11,20,25,31H,2-9,12-19,21H2,1H3,(H,28,33). The number of benzene rings is 1. The first-order valence-electron chi connectivity index (χ1n) is 13.2. The number of aliphatic hydroxyl groups is 1. The third kappa shape index (κ3) is 8.07. The summed E-state index contributed by atoms with van der Waals surface area (Å²) in [5, 5.41) is 11.9. The molecule has 1 aromatic rings. The van der Waals surface area contributed by atoms with Gasteiger partial charge in [0.05, 0.1) is 0 Å². The molecule has 0 spiro atoms. The first-order valence-corrected chi connectivity index (χ1v) is 13.2. The lowest BCUT2D eigenvalue weighted by Crippen LogP contribution is -2.40. The van der Waals surface area contributed by atoms with Gasteiger partial charge in [0, 0.05) is 63.7 Å². The van der Waals surface area contributed by atoms with Gasteiger partial charge < -0.3 is 20.1 Å². The number of anilines is 1. The number of ether oxygens (including phenoxy) is 1. The fourth-order valence-corrected chi connectivity index (χ4v) is 5.06. The van der Waals surface area contributed by atoms with Crippen molar-refractivity contribution in [2.24, 2.45) is 0 Å². The molecule has 0 aromatic heterocycles. The van der Waals surface area contributed by atoms with E-state index in [1.54, 1.807) is 6.92 Å². The molecule has 0 aliphatic carbocycles. The number of unbranched alkanes of at least 4 members (excludes halogenated alkanes) is 2. The summed E-state index contributed by atoms with van der Waals surface area (Å²) in [5.74, 6) is -0.0260. The zero-order valence-electron chi connectivity index (χ0n) is 20.9. The van der Waals surface area contributed by atoms with Crippen LogP contribution in [0.4, 0.5) is 5.69 Å². The fourth-order valence-electron chi connectivity index (χ4n) is 5.06. The lowest BCUT2D eigenvalue weighted by atomic mass is 10.0. The second-order valence-corrected chi connectivity index (χ2v) is 9.64. The highest BCUT2D eigenvalue weighted by Gasteiger charge is 2.25. The van der Waals surface area contributed by atoms with E-state index >= 15 is 0 Å². The van der Waals surface area contributed by atoms with E-state index in [1.807, 2.05) is 23.1 Å². The minimum atomic E-state index is -0.0788. The molecule has 0 bridgehead atoms. The van der Waals surface area contributed by atoms with Crippen LogP contribution >= 0.6 is 0 Å². The van der Waals surface area contributed by atoms with Crippen molar-refractivity contribution in [1.29, 1.82) is 0 Å². The maximum atomic E-state index is 12.9. The van der Waals surface area contributed by atoms with Gasteiger partial charge >= 0.3 is 0 Å². The Morgan fingerprint density at radius 1 is 1.03 bits per heavy atom. The molecule has 0 atom stereocenters. The number of nitrogens with zero attached hydrogens (tertiary/aromatic N) is 2. The van der Waals surface area contributed by atoms with Gasteiger partial charge in [-0.25, -0.2) is 0 Å². The Kier molecular flexibility index (Phi) is 11.3. The second kappa shape index (κ2) is 14.4. The summed E-state index contributed by atoms with van der Waals surface area (Å²) in [4.78, 5) is 29.9. The number of hydrogen-bond donors (Lipinski definition) is 2. The Morgan fingerprint density at radius 2 is 1.76 bits per heavy atom. The maximum Gasteiger partial charge on any atom is 0.251 e. The molecule has 3 rings (SSSR count). The van der Waals surface area contributed by atoms with Crippen molar-refractivity contribution >= 4 is 17.5 Å². The van der Waals surface area contributed by atoms with Crippen molar-refractivity contribution in [1.82, 2.24) is 10.2 Å². The summed E-state index contributed by atoms with van der Waals surface area (Å²) in [7, 11) is 0. The van der Waals surface area contributed by atoms with Crippen molar-refractivity contribution < 1.29 is 19.4 Å². The zero-order chi connectivity index (χ0) is 24.2. The van der Waals surface area contributed by atoms with Crippen LogP contribution in [0, 0.1) is 0 Å². The fraction of sp³-hybridized carbons (Fsp3) is 0.704. The molecular weight excluding hydrogens is 430 g/mol. The lowest BCUT2D eigenvalue weighted by molar-refractivity contribution is -0.116. The van der Waals surface area contributed by atoms with Crippen molar-refractivity contribution in [3.8, 4) is 0 Å². The largest absolute Gasteiger partial charge is 0.396 e. The van der Waals surface area contributed by atoms with Crippen LogP contribution in [0.1, 0.15) is 87.1 Å². The van der Waals surface area contributed by atoms with Crippen LogP contribution in [0.3, 0.4) is 0 Å². The molecular formula is C27H43N3O4. The molecule has 7 nitrogen and oxygen atoms in total. The van der Waals surface area contributed by atoms with E-state index in [2.05, 4.69) is 10.2 Å². The van der Waals surface area contributed by atoms with Crippen LogP contribution in [0.25, 0.3) is 0 Å². The molecule has 0 unspecified atom stereocenters. The van der Waals surface area contributed by atoms with Gasteiger partial charge in [-0.3, -0.25) is 14.5 Å². The van der Waals surface area contributed by atoms with E-state index in [4.69, 9.17) is 9.84 Å². The summed E-state index contributed by atoms with van der Waals surface area (Å²) in [6, 6.07) is 6.28. The molecule has 1 fully saturated rings. The number of hydrogen-bond acceptors (Lipinski definition) is 5. The molecule has 190 valence electrons. The summed E-state index contributed by atoms with van der Waals surface area (Å²) < 4.78 is 5.61. The Bertz CT molecular complexity index is 779. The van der Waals surface area contributed by atoms with E-state index in [9.17, 15) is 9.59 Å². The van der Waals surface area contributed by atoms with Gasteiger partial charge in [-0.2, -0.15) is 0 Å². The summed E-state index contributed by atoms with van der Waals surface area (Å²) in [6.45, 7) is 6.51. The number of fused-ring (bicyclic) bond motifs is 1. The maximum absolute atomic E-state index is 12.9. The summed E-state index contributed by atoms with van der Waals surface area (Å²) in [6.07, 6.45) is 10.3. The van der Waals surface area contributed by atoms with Gasteiger partial charge in [-0.05, 0) is 75.3 Å². The van der Waals surface area contributed by atoms with Gasteiger partial charge in [-0.1, -0.05) is 19.3 Å². The second-order valence-electron chi connectivity index (χ2n) is 9.64. The number of carbonyl (C=O) groups excluding carboxylic acids is 2. The molecule has 2 heterocycles. The van der Waals surface area contributed by atoms with Crippen LogP contribution in [0.2, 0.25) is 0 Å². The third-order valence-corrected chi connectivity index (χ3v) is 7.04. The Hall–Kier alpha value is -1.96. The average molecular weight is 474 g/mol. The zero-order valence-corrected chi connectivity index (χ0v) is 20.9.